The molecule has 6 nitrogen and oxygen atoms in total. The molecule has 2 atom stereocenters. The van der Waals surface area contributed by atoms with Crippen LogP contribution in [0.1, 0.15) is 38.1 Å². The summed E-state index contributed by atoms with van der Waals surface area (Å²) in [4.78, 5) is 14.6. The van der Waals surface area contributed by atoms with Crippen molar-refractivity contribution in [3.8, 4) is 0 Å². The Balaban J connectivity index is 2.29. The van der Waals surface area contributed by atoms with Gasteiger partial charge in [-0.15, -0.1) is 0 Å². The number of sulfonamides is 1. The van der Waals surface area contributed by atoms with Gasteiger partial charge >= 0.3 is 0 Å². The molecular formula is C17H26N2O4S. The van der Waals surface area contributed by atoms with Gasteiger partial charge in [0, 0.05) is 31.7 Å². The SMILES string of the molecule is CC(C)N(C)S(=O)(=O)c1cccc(C(=O)N2C[C@@H](C)O[C@H](C)C2)c1. The van der Waals surface area contributed by atoms with Crippen LogP contribution in [-0.4, -0.2) is 61.9 Å². The van der Waals surface area contributed by atoms with Crippen LogP contribution in [0.5, 0.6) is 0 Å². The van der Waals surface area contributed by atoms with Crippen molar-refractivity contribution in [2.45, 2.75) is 50.8 Å². The van der Waals surface area contributed by atoms with E-state index in [-0.39, 0.29) is 29.1 Å². The fourth-order valence-corrected chi connectivity index (χ4v) is 4.17. The van der Waals surface area contributed by atoms with Gasteiger partial charge in [-0.05, 0) is 45.9 Å². The fourth-order valence-electron chi connectivity index (χ4n) is 2.76. The van der Waals surface area contributed by atoms with Crippen LogP contribution >= 0.6 is 0 Å². The minimum Gasteiger partial charge on any atom is -0.372 e. The molecule has 0 unspecified atom stereocenters. The number of nitrogens with zero attached hydrogens (tertiary/aromatic N) is 2. The molecule has 134 valence electrons. The molecule has 7 heteroatoms. The first-order valence-corrected chi connectivity index (χ1v) is 9.59. The van der Waals surface area contributed by atoms with E-state index in [1.807, 2.05) is 27.7 Å². The van der Waals surface area contributed by atoms with Gasteiger partial charge in [-0.3, -0.25) is 4.79 Å². The number of rotatable bonds is 4. The molecule has 0 spiro atoms. The van der Waals surface area contributed by atoms with Crippen molar-refractivity contribution in [1.82, 2.24) is 9.21 Å². The summed E-state index contributed by atoms with van der Waals surface area (Å²) in [6.07, 6.45) is -0.0617. The van der Waals surface area contributed by atoms with E-state index in [4.69, 9.17) is 4.74 Å². The summed E-state index contributed by atoms with van der Waals surface area (Å²) in [6, 6.07) is 6.09. The lowest BCUT2D eigenvalue weighted by molar-refractivity contribution is -0.0586. The molecule has 1 aliphatic rings. The van der Waals surface area contributed by atoms with Crippen LogP contribution in [0.3, 0.4) is 0 Å². The number of ether oxygens (including phenoxy) is 1. The van der Waals surface area contributed by atoms with E-state index in [0.29, 0.717) is 18.7 Å². The molecule has 24 heavy (non-hydrogen) atoms. The molecule has 0 aromatic heterocycles. The molecule has 0 radical (unpaired) electrons. The minimum atomic E-state index is -3.61. The van der Waals surface area contributed by atoms with Gasteiger partial charge in [0.15, 0.2) is 0 Å². The van der Waals surface area contributed by atoms with Gasteiger partial charge in [-0.25, -0.2) is 8.42 Å². The van der Waals surface area contributed by atoms with Crippen LogP contribution in [0.4, 0.5) is 0 Å². The van der Waals surface area contributed by atoms with E-state index in [9.17, 15) is 13.2 Å². The molecule has 2 rings (SSSR count). The number of amides is 1. The van der Waals surface area contributed by atoms with Gasteiger partial charge in [-0.2, -0.15) is 4.31 Å². The molecule has 0 bridgehead atoms. The number of morpholine rings is 1. The van der Waals surface area contributed by atoms with Crippen molar-refractivity contribution in [1.29, 1.82) is 0 Å². The van der Waals surface area contributed by atoms with E-state index < -0.39 is 10.0 Å². The average molecular weight is 354 g/mol. The van der Waals surface area contributed by atoms with Gasteiger partial charge < -0.3 is 9.64 Å². The first kappa shape index (κ1) is 18.9. The summed E-state index contributed by atoms with van der Waals surface area (Å²) in [6.45, 7) is 8.48. The summed E-state index contributed by atoms with van der Waals surface area (Å²) < 4.78 is 32.2. The number of carbonyl (C=O) groups is 1. The van der Waals surface area contributed by atoms with Crippen molar-refractivity contribution in [2.75, 3.05) is 20.1 Å². The van der Waals surface area contributed by atoms with Crippen LogP contribution in [0.25, 0.3) is 0 Å². The van der Waals surface area contributed by atoms with Crippen molar-refractivity contribution >= 4 is 15.9 Å². The molecule has 0 N–H and O–H groups in total. The predicted molar refractivity (Wildman–Crippen MR) is 92.4 cm³/mol. The molecule has 1 aromatic carbocycles. The third-order valence-electron chi connectivity index (χ3n) is 4.19. The zero-order valence-electron chi connectivity index (χ0n) is 14.9. The summed E-state index contributed by atoms with van der Waals surface area (Å²) in [5.41, 5.74) is 0.384. The molecule has 0 aliphatic carbocycles. The fraction of sp³-hybridized carbons (Fsp3) is 0.588. The maximum absolute atomic E-state index is 12.7. The summed E-state index contributed by atoms with van der Waals surface area (Å²) in [5.74, 6) is -0.166. The Morgan fingerprint density at radius 3 is 2.38 bits per heavy atom. The van der Waals surface area contributed by atoms with E-state index in [1.165, 1.54) is 16.4 Å². The third kappa shape index (κ3) is 3.96. The topological polar surface area (TPSA) is 66.9 Å². The monoisotopic (exact) mass is 354 g/mol. The maximum Gasteiger partial charge on any atom is 0.254 e. The zero-order chi connectivity index (χ0) is 18.1. The Labute approximate surface area is 144 Å². The highest BCUT2D eigenvalue weighted by molar-refractivity contribution is 7.89. The van der Waals surface area contributed by atoms with Crippen LogP contribution in [-0.2, 0) is 14.8 Å². The van der Waals surface area contributed by atoms with Crippen LogP contribution in [0, 0.1) is 0 Å². The molecule has 1 heterocycles. The van der Waals surface area contributed by atoms with E-state index in [2.05, 4.69) is 0 Å². The van der Waals surface area contributed by atoms with Crippen molar-refractivity contribution in [2.24, 2.45) is 0 Å². The largest absolute Gasteiger partial charge is 0.372 e. The highest BCUT2D eigenvalue weighted by atomic mass is 32.2. The predicted octanol–water partition coefficient (Wildman–Crippen LogP) is 1.96. The van der Waals surface area contributed by atoms with Crippen molar-refractivity contribution in [3.63, 3.8) is 0 Å². The summed E-state index contributed by atoms with van der Waals surface area (Å²) in [7, 11) is -2.07. The lowest BCUT2D eigenvalue weighted by atomic mass is 10.1. The smallest absolute Gasteiger partial charge is 0.254 e. The van der Waals surface area contributed by atoms with Gasteiger partial charge in [0.25, 0.3) is 5.91 Å². The Bertz CT molecular complexity index is 692. The second kappa shape index (κ2) is 7.21. The molecular weight excluding hydrogens is 328 g/mol. The van der Waals surface area contributed by atoms with Crippen LogP contribution in [0.2, 0.25) is 0 Å². The summed E-state index contributed by atoms with van der Waals surface area (Å²) in [5, 5.41) is 0. The van der Waals surface area contributed by atoms with Crippen molar-refractivity contribution < 1.29 is 17.9 Å². The van der Waals surface area contributed by atoms with Crippen molar-refractivity contribution in [3.05, 3.63) is 29.8 Å². The number of benzene rings is 1. The lowest BCUT2D eigenvalue weighted by Crippen LogP contribution is -2.48. The van der Waals surface area contributed by atoms with Crippen LogP contribution in [0.15, 0.2) is 29.2 Å². The quantitative estimate of drug-likeness (QED) is 0.829. The molecule has 1 aromatic rings. The second-order valence-electron chi connectivity index (χ2n) is 6.61. The Kier molecular flexibility index (Phi) is 5.67. The normalized spacial score (nSPS) is 22.2. The van der Waals surface area contributed by atoms with E-state index in [0.717, 1.165) is 0 Å². The van der Waals surface area contributed by atoms with Crippen LogP contribution < -0.4 is 0 Å². The Morgan fingerprint density at radius 1 is 1.25 bits per heavy atom. The van der Waals surface area contributed by atoms with Gasteiger partial charge in [0.1, 0.15) is 0 Å². The molecule has 1 amide bonds. The Morgan fingerprint density at radius 2 is 1.83 bits per heavy atom. The van der Waals surface area contributed by atoms with Gasteiger partial charge in [-0.1, -0.05) is 6.07 Å². The number of hydrogen-bond donors (Lipinski definition) is 0. The molecule has 1 fully saturated rings. The zero-order valence-corrected chi connectivity index (χ0v) is 15.7. The molecule has 1 aliphatic heterocycles. The number of hydrogen-bond acceptors (Lipinski definition) is 4. The third-order valence-corrected chi connectivity index (χ3v) is 6.22. The van der Waals surface area contributed by atoms with E-state index in [1.54, 1.807) is 24.1 Å². The molecule has 1 saturated heterocycles. The average Bonchev–Trinajstić information content (AvgIpc) is 2.52. The Hall–Kier alpha value is -1.44. The summed E-state index contributed by atoms with van der Waals surface area (Å²) >= 11 is 0. The van der Waals surface area contributed by atoms with E-state index >= 15 is 0 Å². The second-order valence-corrected chi connectivity index (χ2v) is 8.61. The standard InChI is InChI=1S/C17H26N2O4S/c1-12(2)18(5)24(21,22)16-8-6-7-15(9-16)17(20)19-10-13(3)23-14(4)11-19/h6-9,12-14H,10-11H2,1-5H3/t13-,14-/m1/s1. The minimum absolute atomic E-state index is 0.0308. The first-order chi connectivity index (χ1) is 11.1. The lowest BCUT2D eigenvalue weighted by Gasteiger charge is -2.35. The maximum atomic E-state index is 12.7. The number of carbonyl (C=O) groups excluding carboxylic acids is 1. The van der Waals surface area contributed by atoms with Gasteiger partial charge in [0.05, 0.1) is 17.1 Å². The highest BCUT2D eigenvalue weighted by Crippen LogP contribution is 2.20. The molecule has 0 saturated carbocycles. The highest BCUT2D eigenvalue weighted by Gasteiger charge is 2.28. The first-order valence-electron chi connectivity index (χ1n) is 8.15. The van der Waals surface area contributed by atoms with Gasteiger partial charge in [0.2, 0.25) is 10.0 Å².